The van der Waals surface area contributed by atoms with Crippen LogP contribution in [-0.4, -0.2) is 26.2 Å². The van der Waals surface area contributed by atoms with Gasteiger partial charge in [0, 0.05) is 25.8 Å². The summed E-state index contributed by atoms with van der Waals surface area (Å²) in [5, 5.41) is 9.58. The molecule has 0 saturated heterocycles. The number of aliphatic hydroxyl groups excluding tert-OH is 1. The summed E-state index contributed by atoms with van der Waals surface area (Å²) in [6.07, 6.45) is 3.25. The van der Waals surface area contributed by atoms with E-state index in [4.69, 9.17) is 16.7 Å². The SMILES string of the molecule is CC(C)Cc1nc2cc(Cl)cnc2n1CCCO. The van der Waals surface area contributed by atoms with E-state index >= 15 is 0 Å². The van der Waals surface area contributed by atoms with Gasteiger partial charge in [-0.1, -0.05) is 25.4 Å². The Kier molecular flexibility index (Phi) is 4.19. The van der Waals surface area contributed by atoms with Crippen molar-refractivity contribution in [3.05, 3.63) is 23.1 Å². The van der Waals surface area contributed by atoms with Crippen molar-refractivity contribution in [1.29, 1.82) is 0 Å². The predicted molar refractivity (Wildman–Crippen MR) is 72.8 cm³/mol. The molecule has 0 aliphatic heterocycles. The fraction of sp³-hybridized carbons (Fsp3) is 0.538. The van der Waals surface area contributed by atoms with E-state index < -0.39 is 0 Å². The Morgan fingerprint density at radius 1 is 1.44 bits per heavy atom. The predicted octanol–water partition coefficient (Wildman–Crippen LogP) is 2.67. The molecule has 2 rings (SSSR count). The lowest BCUT2D eigenvalue weighted by molar-refractivity contribution is 0.279. The summed E-state index contributed by atoms with van der Waals surface area (Å²) in [4.78, 5) is 8.95. The van der Waals surface area contributed by atoms with Gasteiger partial charge in [0.15, 0.2) is 5.65 Å². The molecule has 2 aromatic rings. The number of hydrogen-bond acceptors (Lipinski definition) is 3. The molecule has 2 aromatic heterocycles. The minimum atomic E-state index is 0.175. The van der Waals surface area contributed by atoms with Gasteiger partial charge in [0.05, 0.1) is 5.02 Å². The topological polar surface area (TPSA) is 50.9 Å². The van der Waals surface area contributed by atoms with E-state index in [1.54, 1.807) is 6.20 Å². The molecule has 0 amide bonds. The summed E-state index contributed by atoms with van der Waals surface area (Å²) in [5.74, 6) is 1.55. The van der Waals surface area contributed by atoms with Crippen molar-refractivity contribution in [3.63, 3.8) is 0 Å². The Balaban J connectivity index is 2.45. The van der Waals surface area contributed by atoms with Gasteiger partial charge in [-0.05, 0) is 18.4 Å². The number of aromatic nitrogens is 3. The lowest BCUT2D eigenvalue weighted by Crippen LogP contribution is -2.08. The quantitative estimate of drug-likeness (QED) is 0.906. The molecule has 2 heterocycles. The summed E-state index contributed by atoms with van der Waals surface area (Å²) >= 11 is 5.94. The lowest BCUT2D eigenvalue weighted by atomic mass is 10.1. The maximum Gasteiger partial charge on any atom is 0.160 e. The normalized spacial score (nSPS) is 11.6. The van der Waals surface area contributed by atoms with Gasteiger partial charge in [0.1, 0.15) is 11.3 Å². The molecular weight excluding hydrogens is 250 g/mol. The van der Waals surface area contributed by atoms with Crippen molar-refractivity contribution in [2.24, 2.45) is 5.92 Å². The van der Waals surface area contributed by atoms with Crippen molar-refractivity contribution in [1.82, 2.24) is 14.5 Å². The minimum Gasteiger partial charge on any atom is -0.396 e. The lowest BCUT2D eigenvalue weighted by Gasteiger charge is -2.09. The van der Waals surface area contributed by atoms with Crippen molar-refractivity contribution in [3.8, 4) is 0 Å². The van der Waals surface area contributed by atoms with Gasteiger partial charge in [-0.3, -0.25) is 0 Å². The van der Waals surface area contributed by atoms with Gasteiger partial charge in [-0.15, -0.1) is 0 Å². The van der Waals surface area contributed by atoms with Gasteiger partial charge in [-0.25, -0.2) is 9.97 Å². The van der Waals surface area contributed by atoms with Crippen LogP contribution in [0.2, 0.25) is 5.02 Å². The van der Waals surface area contributed by atoms with Crippen LogP contribution in [0.1, 0.15) is 26.1 Å². The Labute approximate surface area is 112 Å². The zero-order valence-electron chi connectivity index (χ0n) is 10.7. The van der Waals surface area contributed by atoms with E-state index in [1.165, 1.54) is 0 Å². The second-order valence-corrected chi connectivity index (χ2v) is 5.29. The van der Waals surface area contributed by atoms with Gasteiger partial charge in [0.2, 0.25) is 0 Å². The van der Waals surface area contributed by atoms with E-state index in [-0.39, 0.29) is 6.61 Å². The van der Waals surface area contributed by atoms with E-state index in [1.807, 2.05) is 6.07 Å². The average molecular weight is 268 g/mol. The number of nitrogens with zero attached hydrogens (tertiary/aromatic N) is 3. The van der Waals surface area contributed by atoms with Crippen molar-refractivity contribution in [2.75, 3.05) is 6.61 Å². The number of halogens is 1. The fourth-order valence-electron chi connectivity index (χ4n) is 2.02. The van der Waals surface area contributed by atoms with Crippen LogP contribution in [0.25, 0.3) is 11.2 Å². The van der Waals surface area contributed by atoms with Crippen molar-refractivity contribution in [2.45, 2.75) is 33.2 Å². The molecule has 0 atom stereocenters. The monoisotopic (exact) mass is 267 g/mol. The number of rotatable bonds is 5. The van der Waals surface area contributed by atoms with Crippen LogP contribution in [-0.2, 0) is 13.0 Å². The standard InChI is InChI=1S/C13H18ClN3O/c1-9(2)6-12-16-11-7-10(14)8-15-13(11)17(12)4-3-5-18/h7-9,18H,3-6H2,1-2H3. The number of imidazole rings is 1. The minimum absolute atomic E-state index is 0.175. The molecular formula is C13H18ClN3O. The zero-order chi connectivity index (χ0) is 13.1. The van der Waals surface area contributed by atoms with Crippen LogP contribution < -0.4 is 0 Å². The van der Waals surface area contributed by atoms with E-state index in [0.29, 0.717) is 17.4 Å². The maximum absolute atomic E-state index is 8.98. The second-order valence-electron chi connectivity index (χ2n) is 4.85. The van der Waals surface area contributed by atoms with E-state index in [9.17, 15) is 0 Å². The first-order valence-electron chi connectivity index (χ1n) is 6.23. The van der Waals surface area contributed by atoms with E-state index in [0.717, 1.165) is 30.0 Å². The zero-order valence-corrected chi connectivity index (χ0v) is 11.5. The number of hydrogen-bond donors (Lipinski definition) is 1. The van der Waals surface area contributed by atoms with Crippen molar-refractivity contribution >= 4 is 22.8 Å². The largest absolute Gasteiger partial charge is 0.396 e. The summed E-state index contributed by atoms with van der Waals surface area (Å²) in [6, 6.07) is 1.84. The van der Waals surface area contributed by atoms with Crippen LogP contribution in [0.15, 0.2) is 12.3 Å². The Morgan fingerprint density at radius 2 is 2.22 bits per heavy atom. The number of aliphatic hydroxyl groups is 1. The summed E-state index contributed by atoms with van der Waals surface area (Å²) in [6.45, 7) is 5.24. The van der Waals surface area contributed by atoms with Gasteiger partial charge < -0.3 is 9.67 Å². The molecule has 18 heavy (non-hydrogen) atoms. The first-order chi connectivity index (χ1) is 8.61. The van der Waals surface area contributed by atoms with E-state index in [2.05, 4.69) is 28.4 Å². The van der Waals surface area contributed by atoms with Gasteiger partial charge in [0.25, 0.3) is 0 Å². The molecule has 0 spiro atoms. The summed E-state index contributed by atoms with van der Waals surface area (Å²) in [7, 11) is 0. The highest BCUT2D eigenvalue weighted by atomic mass is 35.5. The molecule has 0 saturated carbocycles. The van der Waals surface area contributed by atoms with Gasteiger partial charge in [-0.2, -0.15) is 0 Å². The first-order valence-corrected chi connectivity index (χ1v) is 6.61. The Hall–Kier alpha value is -1.13. The number of aryl methyl sites for hydroxylation is 1. The third-order valence-corrected chi connectivity index (χ3v) is 2.97. The van der Waals surface area contributed by atoms with Gasteiger partial charge >= 0.3 is 0 Å². The highest BCUT2D eigenvalue weighted by molar-refractivity contribution is 6.31. The van der Waals surface area contributed by atoms with Crippen LogP contribution >= 0.6 is 11.6 Å². The molecule has 1 N–H and O–H groups in total. The Morgan fingerprint density at radius 3 is 2.89 bits per heavy atom. The molecule has 5 heteroatoms. The highest BCUT2D eigenvalue weighted by Crippen LogP contribution is 2.20. The fourth-order valence-corrected chi connectivity index (χ4v) is 2.17. The van der Waals surface area contributed by atoms with Crippen LogP contribution in [0.3, 0.4) is 0 Å². The smallest absolute Gasteiger partial charge is 0.160 e. The molecule has 0 radical (unpaired) electrons. The molecule has 0 aromatic carbocycles. The molecule has 0 unspecified atom stereocenters. The second kappa shape index (κ2) is 5.67. The summed E-state index contributed by atoms with van der Waals surface area (Å²) < 4.78 is 2.09. The molecule has 0 aliphatic carbocycles. The molecule has 0 bridgehead atoms. The third-order valence-electron chi connectivity index (χ3n) is 2.76. The first kappa shape index (κ1) is 13.3. The number of fused-ring (bicyclic) bond motifs is 1. The molecule has 0 aliphatic rings. The molecule has 4 nitrogen and oxygen atoms in total. The van der Waals surface area contributed by atoms with Crippen LogP contribution in [0.5, 0.6) is 0 Å². The third kappa shape index (κ3) is 2.82. The van der Waals surface area contributed by atoms with Crippen LogP contribution in [0, 0.1) is 5.92 Å². The van der Waals surface area contributed by atoms with Crippen molar-refractivity contribution < 1.29 is 5.11 Å². The number of pyridine rings is 1. The molecule has 98 valence electrons. The van der Waals surface area contributed by atoms with Crippen LogP contribution in [0.4, 0.5) is 0 Å². The molecule has 0 fully saturated rings. The highest BCUT2D eigenvalue weighted by Gasteiger charge is 2.13. The maximum atomic E-state index is 8.98. The Bertz CT molecular complexity index is 536. The summed E-state index contributed by atoms with van der Waals surface area (Å²) in [5.41, 5.74) is 1.68. The average Bonchev–Trinajstić information content (AvgIpc) is 2.62.